The van der Waals surface area contributed by atoms with Gasteiger partial charge in [0.1, 0.15) is 29.3 Å². The SMILES string of the molecule is O=C1N[C@H](c2ccc(-c3ccc(Cl)cc3)o2)[C@H](C(=O)c2ccc(F)cc2)[C@](O)(C(F)(F)F)N1. The molecular weight excluding hydrogens is 468 g/mol. The number of urea groups is 1. The van der Waals surface area contributed by atoms with Crippen LogP contribution >= 0.6 is 11.6 Å². The lowest BCUT2D eigenvalue weighted by Gasteiger charge is -2.44. The van der Waals surface area contributed by atoms with Crippen molar-refractivity contribution < 1.29 is 36.7 Å². The smallest absolute Gasteiger partial charge is 0.437 e. The topological polar surface area (TPSA) is 91.6 Å². The van der Waals surface area contributed by atoms with E-state index in [1.54, 1.807) is 24.3 Å². The van der Waals surface area contributed by atoms with Crippen LogP contribution in [0.2, 0.25) is 5.02 Å². The fraction of sp³-hybridized carbons (Fsp3) is 0.182. The third kappa shape index (κ3) is 4.19. The van der Waals surface area contributed by atoms with Crippen LogP contribution in [0, 0.1) is 11.7 Å². The maximum Gasteiger partial charge on any atom is 0.437 e. The van der Waals surface area contributed by atoms with Gasteiger partial charge in [-0.2, -0.15) is 13.2 Å². The van der Waals surface area contributed by atoms with E-state index in [0.717, 1.165) is 24.3 Å². The summed E-state index contributed by atoms with van der Waals surface area (Å²) >= 11 is 5.86. The first-order valence-corrected chi connectivity index (χ1v) is 9.90. The molecule has 2 amide bonds. The largest absolute Gasteiger partial charge is 0.459 e. The number of carbonyl (C=O) groups excluding carboxylic acids is 2. The summed E-state index contributed by atoms with van der Waals surface area (Å²) in [6.45, 7) is 0. The van der Waals surface area contributed by atoms with Crippen LogP contribution in [0.1, 0.15) is 22.2 Å². The molecule has 2 aromatic carbocycles. The van der Waals surface area contributed by atoms with Gasteiger partial charge >= 0.3 is 12.2 Å². The van der Waals surface area contributed by atoms with Crippen molar-refractivity contribution in [3.05, 3.63) is 82.8 Å². The maximum absolute atomic E-state index is 13.9. The van der Waals surface area contributed by atoms with E-state index in [4.69, 9.17) is 16.0 Å². The van der Waals surface area contributed by atoms with Gasteiger partial charge in [0, 0.05) is 16.1 Å². The highest BCUT2D eigenvalue weighted by atomic mass is 35.5. The molecule has 0 bridgehead atoms. The van der Waals surface area contributed by atoms with Crippen LogP contribution in [0.15, 0.2) is 65.1 Å². The zero-order valence-electron chi connectivity index (χ0n) is 16.5. The molecule has 0 radical (unpaired) electrons. The van der Waals surface area contributed by atoms with Gasteiger partial charge in [-0.3, -0.25) is 4.79 Å². The highest BCUT2D eigenvalue weighted by Crippen LogP contribution is 2.44. The van der Waals surface area contributed by atoms with E-state index in [0.29, 0.717) is 10.6 Å². The molecule has 1 aliphatic rings. The lowest BCUT2D eigenvalue weighted by atomic mass is 9.79. The molecule has 2 heterocycles. The van der Waals surface area contributed by atoms with Gasteiger partial charge in [-0.25, -0.2) is 9.18 Å². The number of nitrogens with one attached hydrogen (secondary N) is 2. The van der Waals surface area contributed by atoms with Gasteiger partial charge in [-0.05, 0) is 60.7 Å². The highest BCUT2D eigenvalue weighted by Gasteiger charge is 2.66. The molecule has 4 rings (SSSR count). The molecule has 3 atom stereocenters. The Kier molecular flexibility index (Phi) is 5.67. The molecule has 3 N–H and O–H groups in total. The molecule has 0 spiro atoms. The molecule has 3 aromatic rings. The second-order valence-corrected chi connectivity index (χ2v) is 7.83. The van der Waals surface area contributed by atoms with Crippen LogP contribution in [0.25, 0.3) is 11.3 Å². The average molecular weight is 483 g/mol. The molecule has 0 saturated carbocycles. The fourth-order valence-electron chi connectivity index (χ4n) is 3.66. The van der Waals surface area contributed by atoms with Crippen molar-refractivity contribution in [2.75, 3.05) is 0 Å². The van der Waals surface area contributed by atoms with Crippen LogP contribution in [-0.2, 0) is 0 Å². The van der Waals surface area contributed by atoms with Crippen molar-refractivity contribution in [2.24, 2.45) is 5.92 Å². The predicted molar refractivity (Wildman–Crippen MR) is 109 cm³/mol. The fourth-order valence-corrected chi connectivity index (χ4v) is 3.79. The first kappa shape index (κ1) is 22.8. The number of aliphatic hydroxyl groups is 1. The molecule has 6 nitrogen and oxygen atoms in total. The number of alkyl halides is 3. The van der Waals surface area contributed by atoms with Gasteiger partial charge in [0.25, 0.3) is 0 Å². The summed E-state index contributed by atoms with van der Waals surface area (Å²) in [6.07, 6.45) is -5.42. The molecule has 1 aromatic heterocycles. The normalized spacial score (nSPS) is 23.0. The van der Waals surface area contributed by atoms with Crippen molar-refractivity contribution >= 4 is 23.4 Å². The van der Waals surface area contributed by atoms with Crippen LogP contribution in [-0.4, -0.2) is 28.8 Å². The van der Waals surface area contributed by atoms with E-state index in [9.17, 15) is 32.3 Å². The molecule has 0 aliphatic carbocycles. The number of Topliss-reactive ketones (excluding diaryl/α,β-unsaturated/α-hetero) is 1. The number of hydrogen-bond donors (Lipinski definition) is 3. The number of furan rings is 1. The molecule has 1 saturated heterocycles. The molecule has 33 heavy (non-hydrogen) atoms. The van der Waals surface area contributed by atoms with Crippen molar-refractivity contribution in [3.63, 3.8) is 0 Å². The van der Waals surface area contributed by atoms with E-state index in [-0.39, 0.29) is 17.1 Å². The third-order valence-corrected chi connectivity index (χ3v) is 5.53. The van der Waals surface area contributed by atoms with E-state index in [2.05, 4.69) is 5.32 Å². The van der Waals surface area contributed by atoms with Crippen LogP contribution < -0.4 is 10.6 Å². The zero-order chi connectivity index (χ0) is 24.0. The molecule has 1 fully saturated rings. The van der Waals surface area contributed by atoms with Gasteiger partial charge in [0.15, 0.2) is 5.78 Å². The number of halogens is 5. The average Bonchev–Trinajstić information content (AvgIpc) is 3.23. The van der Waals surface area contributed by atoms with Gasteiger partial charge < -0.3 is 20.2 Å². The van der Waals surface area contributed by atoms with Crippen molar-refractivity contribution in [3.8, 4) is 11.3 Å². The minimum Gasteiger partial charge on any atom is -0.459 e. The van der Waals surface area contributed by atoms with E-state index < -0.39 is 41.5 Å². The first-order valence-electron chi connectivity index (χ1n) is 9.53. The van der Waals surface area contributed by atoms with Crippen LogP contribution in [0.3, 0.4) is 0 Å². The molecule has 172 valence electrons. The van der Waals surface area contributed by atoms with Gasteiger partial charge in [0.05, 0.1) is 0 Å². The van der Waals surface area contributed by atoms with Crippen molar-refractivity contribution in [2.45, 2.75) is 17.9 Å². The summed E-state index contributed by atoms with van der Waals surface area (Å²) < 4.78 is 60.8. The Morgan fingerprint density at radius 3 is 2.27 bits per heavy atom. The third-order valence-electron chi connectivity index (χ3n) is 5.28. The Bertz CT molecular complexity index is 1190. The van der Waals surface area contributed by atoms with Crippen molar-refractivity contribution in [1.29, 1.82) is 0 Å². The summed E-state index contributed by atoms with van der Waals surface area (Å²) in [5.41, 5.74) is -3.67. The van der Waals surface area contributed by atoms with Crippen LogP contribution in [0.5, 0.6) is 0 Å². The number of amides is 2. The van der Waals surface area contributed by atoms with Gasteiger partial charge in [0.2, 0.25) is 5.72 Å². The zero-order valence-corrected chi connectivity index (χ0v) is 17.2. The second-order valence-electron chi connectivity index (χ2n) is 7.40. The number of benzene rings is 2. The number of ketones is 1. The van der Waals surface area contributed by atoms with Gasteiger partial charge in [-0.1, -0.05) is 11.6 Å². The van der Waals surface area contributed by atoms with Crippen LogP contribution in [0.4, 0.5) is 22.4 Å². The molecule has 0 unspecified atom stereocenters. The Labute approximate surface area is 189 Å². The number of carbonyl (C=O) groups is 2. The lowest BCUT2D eigenvalue weighted by molar-refractivity contribution is -0.288. The summed E-state index contributed by atoms with van der Waals surface area (Å²) in [6, 6.07) is 9.84. The Morgan fingerprint density at radius 2 is 1.67 bits per heavy atom. The Hall–Kier alpha value is -3.37. The summed E-state index contributed by atoms with van der Waals surface area (Å²) in [5, 5.41) is 14.7. The minimum absolute atomic E-state index is 0.196. The first-order chi connectivity index (χ1) is 15.5. The van der Waals surface area contributed by atoms with E-state index >= 15 is 0 Å². The summed E-state index contributed by atoms with van der Waals surface area (Å²) in [7, 11) is 0. The highest BCUT2D eigenvalue weighted by molar-refractivity contribution is 6.30. The predicted octanol–water partition coefficient (Wildman–Crippen LogP) is 4.84. The quantitative estimate of drug-likeness (QED) is 0.366. The molecule has 11 heteroatoms. The number of hydrogen-bond acceptors (Lipinski definition) is 4. The maximum atomic E-state index is 13.9. The summed E-state index contributed by atoms with van der Waals surface area (Å²) in [5.74, 6) is -4.14. The Morgan fingerprint density at radius 1 is 1.03 bits per heavy atom. The number of rotatable bonds is 4. The van der Waals surface area contributed by atoms with E-state index in [1.165, 1.54) is 17.4 Å². The van der Waals surface area contributed by atoms with E-state index in [1.807, 2.05) is 0 Å². The standard InChI is InChI=1S/C22H15ClF4N2O4/c23-13-5-1-11(2-6-13)15-9-10-16(33-15)18-17(19(30)12-3-7-14(24)8-4-12)21(32,22(25,26)27)29-20(31)28-18/h1-10,17-18,32H,(H2,28,29,31)/t17-,18-,21+/m1/s1. The molecule has 1 aliphatic heterocycles. The monoisotopic (exact) mass is 482 g/mol. The van der Waals surface area contributed by atoms with Crippen molar-refractivity contribution in [1.82, 2.24) is 10.6 Å². The summed E-state index contributed by atoms with van der Waals surface area (Å²) in [4.78, 5) is 25.2. The molecular formula is C22H15ClF4N2O4. The Balaban J connectivity index is 1.80. The van der Waals surface area contributed by atoms with Gasteiger partial charge in [-0.15, -0.1) is 0 Å². The lowest BCUT2D eigenvalue weighted by Crippen LogP contribution is -2.72. The minimum atomic E-state index is -5.42. The second kappa shape index (κ2) is 8.20.